The van der Waals surface area contributed by atoms with Crippen molar-refractivity contribution in [3.05, 3.63) is 58.7 Å². The van der Waals surface area contributed by atoms with Crippen LogP contribution >= 0.6 is 11.3 Å². The number of anilines is 2. The number of hydrogen-bond acceptors (Lipinski definition) is 7. The predicted octanol–water partition coefficient (Wildman–Crippen LogP) is 3.90. The number of esters is 1. The molecule has 0 fully saturated rings. The van der Waals surface area contributed by atoms with E-state index in [0.717, 1.165) is 5.56 Å². The number of hydrogen-bond donors (Lipinski definition) is 2. The first kappa shape index (κ1) is 21.1. The zero-order valence-corrected chi connectivity index (χ0v) is 17.5. The molecule has 0 saturated heterocycles. The molecule has 0 unspecified atom stereocenters. The Hall–Kier alpha value is -3.59. The van der Waals surface area contributed by atoms with Crippen LogP contribution in [0.25, 0.3) is 11.3 Å². The summed E-state index contributed by atoms with van der Waals surface area (Å²) in [6, 6.07) is 10.2. The van der Waals surface area contributed by atoms with Crippen LogP contribution in [0.2, 0.25) is 0 Å². The first-order valence-electron chi connectivity index (χ1n) is 9.17. The summed E-state index contributed by atoms with van der Waals surface area (Å²) in [5.41, 5.74) is 3.17. The largest absolute Gasteiger partial charge is 0.462 e. The molecule has 0 bridgehead atoms. The number of aromatic nitrogens is 2. The SMILES string of the molecule is CCOC(=O)c1ccc(C(=O)Nc2nc(-c3ccc(NC(C)=O)cc3)cs2)nc1C. The van der Waals surface area contributed by atoms with Gasteiger partial charge in [-0.05, 0) is 38.1 Å². The second kappa shape index (κ2) is 9.27. The number of benzene rings is 1. The molecule has 3 aromatic rings. The smallest absolute Gasteiger partial charge is 0.339 e. The van der Waals surface area contributed by atoms with Gasteiger partial charge in [-0.15, -0.1) is 11.3 Å². The average molecular weight is 424 g/mol. The van der Waals surface area contributed by atoms with E-state index in [2.05, 4.69) is 20.6 Å². The van der Waals surface area contributed by atoms with Gasteiger partial charge in [-0.3, -0.25) is 14.9 Å². The summed E-state index contributed by atoms with van der Waals surface area (Å²) >= 11 is 1.29. The fourth-order valence-electron chi connectivity index (χ4n) is 2.66. The highest BCUT2D eigenvalue weighted by Gasteiger charge is 2.16. The van der Waals surface area contributed by atoms with Crippen molar-refractivity contribution in [1.82, 2.24) is 9.97 Å². The average Bonchev–Trinajstić information content (AvgIpc) is 3.16. The third-order valence-corrected chi connectivity index (χ3v) is 4.80. The van der Waals surface area contributed by atoms with Gasteiger partial charge in [0.05, 0.1) is 23.6 Å². The highest BCUT2D eigenvalue weighted by Crippen LogP contribution is 2.26. The highest BCUT2D eigenvalue weighted by molar-refractivity contribution is 7.14. The summed E-state index contributed by atoms with van der Waals surface area (Å²) in [5.74, 6) is -1.03. The highest BCUT2D eigenvalue weighted by atomic mass is 32.1. The molecule has 0 atom stereocenters. The minimum atomic E-state index is -0.469. The van der Waals surface area contributed by atoms with Crippen LogP contribution in [0.5, 0.6) is 0 Å². The van der Waals surface area contributed by atoms with Crippen LogP contribution < -0.4 is 10.6 Å². The second-order valence-electron chi connectivity index (χ2n) is 6.30. The van der Waals surface area contributed by atoms with E-state index in [1.54, 1.807) is 26.0 Å². The van der Waals surface area contributed by atoms with E-state index >= 15 is 0 Å². The molecule has 30 heavy (non-hydrogen) atoms. The van der Waals surface area contributed by atoms with Gasteiger partial charge in [0.2, 0.25) is 5.91 Å². The van der Waals surface area contributed by atoms with Gasteiger partial charge in [0.25, 0.3) is 5.91 Å². The van der Waals surface area contributed by atoms with Crippen molar-refractivity contribution in [2.24, 2.45) is 0 Å². The molecule has 2 amide bonds. The number of amides is 2. The van der Waals surface area contributed by atoms with E-state index in [4.69, 9.17) is 4.74 Å². The van der Waals surface area contributed by atoms with Crippen molar-refractivity contribution in [2.45, 2.75) is 20.8 Å². The molecule has 2 heterocycles. The Morgan fingerprint density at radius 2 is 1.77 bits per heavy atom. The Morgan fingerprint density at radius 3 is 2.40 bits per heavy atom. The lowest BCUT2D eigenvalue weighted by molar-refractivity contribution is -0.114. The molecule has 154 valence electrons. The number of carbonyl (C=O) groups excluding carboxylic acids is 3. The fraction of sp³-hybridized carbons (Fsp3) is 0.190. The van der Waals surface area contributed by atoms with Crippen LogP contribution in [0.4, 0.5) is 10.8 Å². The molecule has 2 N–H and O–H groups in total. The molecule has 8 nitrogen and oxygen atoms in total. The molecule has 9 heteroatoms. The summed E-state index contributed by atoms with van der Waals surface area (Å²) in [6.07, 6.45) is 0. The number of nitrogens with one attached hydrogen (secondary N) is 2. The van der Waals surface area contributed by atoms with Crippen molar-refractivity contribution in [3.63, 3.8) is 0 Å². The third-order valence-electron chi connectivity index (χ3n) is 4.04. The van der Waals surface area contributed by atoms with E-state index in [1.165, 1.54) is 30.4 Å². The van der Waals surface area contributed by atoms with Crippen molar-refractivity contribution >= 4 is 39.9 Å². The topological polar surface area (TPSA) is 110 Å². The summed E-state index contributed by atoms with van der Waals surface area (Å²) in [6.45, 7) is 5.09. The summed E-state index contributed by atoms with van der Waals surface area (Å²) < 4.78 is 4.97. The molecular weight excluding hydrogens is 404 g/mol. The molecule has 0 radical (unpaired) electrons. The van der Waals surface area contributed by atoms with Crippen LogP contribution in [0.1, 0.15) is 40.4 Å². The van der Waals surface area contributed by atoms with Crippen LogP contribution in [-0.2, 0) is 9.53 Å². The number of nitrogens with zero attached hydrogens (tertiary/aromatic N) is 2. The Bertz CT molecular complexity index is 1090. The Balaban J connectivity index is 1.69. The number of aryl methyl sites for hydroxylation is 1. The minimum absolute atomic E-state index is 0.138. The standard InChI is InChI=1S/C21H20N4O4S/c1-4-29-20(28)16-9-10-17(22-12(16)2)19(27)25-21-24-18(11-30-21)14-5-7-15(8-6-14)23-13(3)26/h5-11H,4H2,1-3H3,(H,23,26)(H,24,25,27). The zero-order valence-electron chi connectivity index (χ0n) is 16.7. The van der Waals surface area contributed by atoms with E-state index in [0.29, 0.717) is 27.8 Å². The third kappa shape index (κ3) is 5.06. The van der Waals surface area contributed by atoms with Crippen LogP contribution in [0.3, 0.4) is 0 Å². The van der Waals surface area contributed by atoms with E-state index < -0.39 is 11.9 Å². The van der Waals surface area contributed by atoms with E-state index in [1.807, 2.05) is 17.5 Å². The van der Waals surface area contributed by atoms with Crippen LogP contribution in [0, 0.1) is 6.92 Å². The number of carbonyl (C=O) groups is 3. The quantitative estimate of drug-likeness (QED) is 0.581. The summed E-state index contributed by atoms with van der Waals surface area (Å²) in [5, 5.41) is 7.68. The van der Waals surface area contributed by atoms with Crippen molar-refractivity contribution in [3.8, 4) is 11.3 Å². The fourth-order valence-corrected chi connectivity index (χ4v) is 3.38. The molecule has 1 aromatic carbocycles. The van der Waals surface area contributed by atoms with Gasteiger partial charge in [0, 0.05) is 23.6 Å². The maximum atomic E-state index is 12.5. The zero-order chi connectivity index (χ0) is 21.7. The molecular formula is C21H20N4O4S. The molecule has 0 aliphatic rings. The lowest BCUT2D eigenvalue weighted by atomic mass is 10.1. The van der Waals surface area contributed by atoms with Crippen molar-refractivity contribution in [1.29, 1.82) is 0 Å². The second-order valence-corrected chi connectivity index (χ2v) is 7.16. The maximum Gasteiger partial charge on any atom is 0.339 e. The Labute approximate surface area is 177 Å². The van der Waals surface area contributed by atoms with Gasteiger partial charge in [-0.1, -0.05) is 12.1 Å². The minimum Gasteiger partial charge on any atom is -0.462 e. The number of ether oxygens (including phenoxy) is 1. The lowest BCUT2D eigenvalue weighted by Gasteiger charge is -2.07. The predicted molar refractivity (Wildman–Crippen MR) is 115 cm³/mol. The van der Waals surface area contributed by atoms with Crippen molar-refractivity contribution < 1.29 is 19.1 Å². The summed E-state index contributed by atoms with van der Waals surface area (Å²) in [7, 11) is 0. The first-order valence-corrected chi connectivity index (χ1v) is 10.0. The number of rotatable bonds is 6. The van der Waals surface area contributed by atoms with E-state index in [-0.39, 0.29) is 18.2 Å². The monoisotopic (exact) mass is 424 g/mol. The summed E-state index contributed by atoms with van der Waals surface area (Å²) in [4.78, 5) is 44.1. The molecule has 2 aromatic heterocycles. The van der Waals surface area contributed by atoms with Gasteiger partial charge >= 0.3 is 5.97 Å². The molecule has 0 aliphatic heterocycles. The van der Waals surface area contributed by atoms with E-state index in [9.17, 15) is 14.4 Å². The maximum absolute atomic E-state index is 12.5. The Kier molecular flexibility index (Phi) is 6.53. The molecule has 0 spiro atoms. The van der Waals surface area contributed by atoms with Crippen molar-refractivity contribution in [2.75, 3.05) is 17.2 Å². The normalized spacial score (nSPS) is 10.4. The lowest BCUT2D eigenvalue weighted by Crippen LogP contribution is -2.16. The van der Waals surface area contributed by atoms with Gasteiger partial charge in [0.1, 0.15) is 5.69 Å². The Morgan fingerprint density at radius 1 is 1.03 bits per heavy atom. The number of thiazole rings is 1. The first-order chi connectivity index (χ1) is 14.4. The van der Waals surface area contributed by atoms with Crippen LogP contribution in [0.15, 0.2) is 41.8 Å². The van der Waals surface area contributed by atoms with Gasteiger partial charge in [-0.2, -0.15) is 0 Å². The number of pyridine rings is 1. The van der Waals surface area contributed by atoms with Gasteiger partial charge in [-0.25, -0.2) is 14.8 Å². The molecule has 3 rings (SSSR count). The van der Waals surface area contributed by atoms with Gasteiger partial charge < -0.3 is 10.1 Å². The molecule has 0 aliphatic carbocycles. The van der Waals surface area contributed by atoms with Crippen LogP contribution in [-0.4, -0.2) is 34.4 Å². The van der Waals surface area contributed by atoms with Gasteiger partial charge in [0.15, 0.2) is 5.13 Å². The molecule has 0 saturated carbocycles.